The van der Waals surface area contributed by atoms with Crippen molar-refractivity contribution < 1.29 is 4.79 Å². The van der Waals surface area contributed by atoms with Gasteiger partial charge in [-0.1, -0.05) is 0 Å². The van der Waals surface area contributed by atoms with Crippen molar-refractivity contribution in [2.24, 2.45) is 5.73 Å². The van der Waals surface area contributed by atoms with Gasteiger partial charge < -0.3 is 10.6 Å². The maximum absolute atomic E-state index is 11.0. The SMILES string of the molecule is CN(C)C1(CN)CCC(=O)CC1. The number of likely N-dealkylation sites (N-methyl/N-ethyl adjacent to an activating group) is 1. The molecule has 0 aromatic rings. The monoisotopic (exact) mass is 170 g/mol. The van der Waals surface area contributed by atoms with E-state index in [-0.39, 0.29) is 5.54 Å². The Morgan fingerprint density at radius 2 is 1.92 bits per heavy atom. The number of Topliss-reactive ketones (excluding diaryl/α,β-unsaturated/α-hetero) is 1. The summed E-state index contributed by atoms with van der Waals surface area (Å²) in [6, 6.07) is 0. The average molecular weight is 170 g/mol. The lowest BCUT2D eigenvalue weighted by molar-refractivity contribution is -0.122. The Bertz CT molecular complexity index is 167. The molecule has 0 radical (unpaired) electrons. The summed E-state index contributed by atoms with van der Waals surface area (Å²) in [6.45, 7) is 0.660. The summed E-state index contributed by atoms with van der Waals surface area (Å²) in [6.07, 6.45) is 3.26. The van der Waals surface area contributed by atoms with Crippen LogP contribution in [-0.4, -0.2) is 36.9 Å². The van der Waals surface area contributed by atoms with Gasteiger partial charge in [0, 0.05) is 24.9 Å². The van der Waals surface area contributed by atoms with Crippen LogP contribution in [0.1, 0.15) is 25.7 Å². The molecule has 1 saturated carbocycles. The van der Waals surface area contributed by atoms with Crippen LogP contribution in [0.15, 0.2) is 0 Å². The van der Waals surface area contributed by atoms with Crippen molar-refractivity contribution in [3.63, 3.8) is 0 Å². The van der Waals surface area contributed by atoms with Gasteiger partial charge in [0.05, 0.1) is 0 Å². The number of nitrogens with two attached hydrogens (primary N) is 1. The highest BCUT2D eigenvalue weighted by Gasteiger charge is 2.35. The van der Waals surface area contributed by atoms with Gasteiger partial charge in [0.2, 0.25) is 0 Å². The van der Waals surface area contributed by atoms with Crippen LogP contribution in [0.3, 0.4) is 0 Å². The Labute approximate surface area is 73.9 Å². The predicted octanol–water partition coefficient (Wildman–Crippen LogP) is 0.389. The molecule has 0 amide bonds. The number of ketones is 1. The molecule has 1 aliphatic rings. The van der Waals surface area contributed by atoms with Crippen LogP contribution in [-0.2, 0) is 4.79 Å². The number of rotatable bonds is 2. The predicted molar refractivity (Wildman–Crippen MR) is 48.9 cm³/mol. The molecule has 3 heteroatoms. The molecular formula is C9H18N2O. The van der Waals surface area contributed by atoms with Gasteiger partial charge in [-0.15, -0.1) is 0 Å². The lowest BCUT2D eigenvalue weighted by Gasteiger charge is -2.41. The molecular weight excluding hydrogens is 152 g/mol. The lowest BCUT2D eigenvalue weighted by Crippen LogP contribution is -2.52. The van der Waals surface area contributed by atoms with Crippen LogP contribution in [0.4, 0.5) is 0 Å². The van der Waals surface area contributed by atoms with E-state index in [4.69, 9.17) is 5.73 Å². The number of carbonyl (C=O) groups is 1. The van der Waals surface area contributed by atoms with Crippen molar-refractivity contribution in [3.8, 4) is 0 Å². The maximum Gasteiger partial charge on any atom is 0.133 e. The van der Waals surface area contributed by atoms with Crippen molar-refractivity contribution >= 4 is 5.78 Å². The summed E-state index contributed by atoms with van der Waals surface area (Å²) in [5, 5.41) is 0. The molecule has 0 atom stereocenters. The zero-order valence-corrected chi connectivity index (χ0v) is 7.97. The Kier molecular flexibility index (Phi) is 2.85. The lowest BCUT2D eigenvalue weighted by atomic mass is 9.80. The quantitative estimate of drug-likeness (QED) is 0.652. The Morgan fingerprint density at radius 1 is 1.42 bits per heavy atom. The van der Waals surface area contributed by atoms with Gasteiger partial charge in [0.15, 0.2) is 0 Å². The van der Waals surface area contributed by atoms with Crippen molar-refractivity contribution in [1.82, 2.24) is 4.90 Å². The van der Waals surface area contributed by atoms with Crippen LogP contribution in [0.5, 0.6) is 0 Å². The van der Waals surface area contributed by atoms with E-state index in [2.05, 4.69) is 4.90 Å². The minimum Gasteiger partial charge on any atom is -0.329 e. The summed E-state index contributed by atoms with van der Waals surface area (Å²) >= 11 is 0. The van der Waals surface area contributed by atoms with Crippen LogP contribution in [0.25, 0.3) is 0 Å². The molecule has 0 bridgehead atoms. The highest BCUT2D eigenvalue weighted by molar-refractivity contribution is 5.79. The minimum atomic E-state index is 0.0912. The van der Waals surface area contributed by atoms with E-state index in [0.29, 0.717) is 25.2 Å². The molecule has 1 rings (SSSR count). The van der Waals surface area contributed by atoms with Crippen LogP contribution in [0, 0.1) is 0 Å². The summed E-state index contributed by atoms with van der Waals surface area (Å²) in [4.78, 5) is 13.2. The molecule has 1 aliphatic carbocycles. The first-order valence-corrected chi connectivity index (χ1v) is 4.50. The van der Waals surface area contributed by atoms with E-state index >= 15 is 0 Å². The van der Waals surface area contributed by atoms with Crippen LogP contribution < -0.4 is 5.73 Å². The van der Waals surface area contributed by atoms with Crippen LogP contribution >= 0.6 is 0 Å². The highest BCUT2D eigenvalue weighted by Crippen LogP contribution is 2.29. The smallest absolute Gasteiger partial charge is 0.133 e. The average Bonchev–Trinajstić information content (AvgIpc) is 2.06. The summed E-state index contributed by atoms with van der Waals surface area (Å²) < 4.78 is 0. The van der Waals surface area contributed by atoms with Gasteiger partial charge in [0.25, 0.3) is 0 Å². The fourth-order valence-corrected chi connectivity index (χ4v) is 1.83. The topological polar surface area (TPSA) is 46.3 Å². The molecule has 1 fully saturated rings. The Morgan fingerprint density at radius 3 is 2.25 bits per heavy atom. The zero-order valence-electron chi connectivity index (χ0n) is 7.97. The van der Waals surface area contributed by atoms with E-state index in [1.165, 1.54) is 0 Å². The van der Waals surface area contributed by atoms with E-state index in [9.17, 15) is 4.79 Å². The second-order valence-electron chi connectivity index (χ2n) is 3.86. The number of carbonyl (C=O) groups excluding carboxylic acids is 1. The van der Waals surface area contributed by atoms with Gasteiger partial charge in [0.1, 0.15) is 5.78 Å². The first kappa shape index (κ1) is 9.68. The number of hydrogen-bond donors (Lipinski definition) is 1. The normalized spacial score (nSPS) is 23.2. The Balaban J connectivity index is 2.63. The van der Waals surface area contributed by atoms with Gasteiger partial charge in [-0.3, -0.25) is 4.79 Å². The van der Waals surface area contributed by atoms with E-state index in [1.807, 2.05) is 14.1 Å². The number of hydrogen-bond acceptors (Lipinski definition) is 3. The summed E-state index contributed by atoms with van der Waals surface area (Å²) in [7, 11) is 4.09. The standard InChI is InChI=1S/C9H18N2O/c1-11(2)9(7-10)5-3-8(12)4-6-9/h3-7,10H2,1-2H3. The second kappa shape index (κ2) is 3.54. The third-order valence-corrected chi connectivity index (χ3v) is 3.07. The van der Waals surface area contributed by atoms with E-state index < -0.39 is 0 Å². The highest BCUT2D eigenvalue weighted by atomic mass is 16.1. The van der Waals surface area contributed by atoms with Crippen molar-refractivity contribution in [2.75, 3.05) is 20.6 Å². The van der Waals surface area contributed by atoms with Gasteiger partial charge >= 0.3 is 0 Å². The molecule has 3 nitrogen and oxygen atoms in total. The third kappa shape index (κ3) is 1.67. The first-order chi connectivity index (χ1) is 5.60. The molecule has 70 valence electrons. The van der Waals surface area contributed by atoms with E-state index in [1.54, 1.807) is 0 Å². The molecule has 0 heterocycles. The second-order valence-corrected chi connectivity index (χ2v) is 3.86. The van der Waals surface area contributed by atoms with E-state index in [0.717, 1.165) is 12.8 Å². The summed E-state index contributed by atoms with van der Waals surface area (Å²) in [5.41, 5.74) is 5.82. The van der Waals surface area contributed by atoms with Crippen LogP contribution in [0.2, 0.25) is 0 Å². The largest absolute Gasteiger partial charge is 0.329 e. The molecule has 0 aliphatic heterocycles. The van der Waals surface area contributed by atoms with Gasteiger partial charge in [-0.05, 0) is 26.9 Å². The molecule has 0 unspecified atom stereocenters. The molecule has 2 N–H and O–H groups in total. The Hall–Kier alpha value is -0.410. The third-order valence-electron chi connectivity index (χ3n) is 3.07. The zero-order chi connectivity index (χ0) is 9.19. The maximum atomic E-state index is 11.0. The molecule has 12 heavy (non-hydrogen) atoms. The molecule has 0 aromatic heterocycles. The van der Waals surface area contributed by atoms with Crippen molar-refractivity contribution in [1.29, 1.82) is 0 Å². The van der Waals surface area contributed by atoms with Crippen molar-refractivity contribution in [3.05, 3.63) is 0 Å². The van der Waals surface area contributed by atoms with Gasteiger partial charge in [-0.25, -0.2) is 0 Å². The number of nitrogens with zero attached hydrogens (tertiary/aromatic N) is 1. The fourth-order valence-electron chi connectivity index (χ4n) is 1.83. The molecule has 0 saturated heterocycles. The van der Waals surface area contributed by atoms with Gasteiger partial charge in [-0.2, -0.15) is 0 Å². The molecule has 0 spiro atoms. The first-order valence-electron chi connectivity index (χ1n) is 4.50. The minimum absolute atomic E-state index is 0.0912. The summed E-state index contributed by atoms with van der Waals surface area (Å²) in [5.74, 6) is 0.390. The molecule has 0 aromatic carbocycles. The van der Waals surface area contributed by atoms with Crippen molar-refractivity contribution in [2.45, 2.75) is 31.2 Å². The fraction of sp³-hybridized carbons (Fsp3) is 0.889.